The highest BCUT2D eigenvalue weighted by atomic mass is 32.1. The van der Waals surface area contributed by atoms with Crippen LogP contribution in [0.5, 0.6) is 0 Å². The van der Waals surface area contributed by atoms with Gasteiger partial charge in [0, 0.05) is 30.6 Å². The van der Waals surface area contributed by atoms with Crippen LogP contribution in [-0.4, -0.2) is 34.2 Å². The van der Waals surface area contributed by atoms with Gasteiger partial charge in [0.1, 0.15) is 11.3 Å². The van der Waals surface area contributed by atoms with E-state index in [0.717, 1.165) is 48.7 Å². The molecular weight excluding hydrogens is 248 g/mol. The highest BCUT2D eigenvalue weighted by Crippen LogP contribution is 2.25. The Labute approximate surface area is 110 Å². The lowest BCUT2D eigenvalue weighted by Gasteiger charge is -2.28. The normalized spacial score (nSPS) is 18.3. The molecule has 18 heavy (non-hydrogen) atoms. The van der Waals surface area contributed by atoms with E-state index >= 15 is 0 Å². The molecule has 0 saturated carbocycles. The maximum atomic E-state index is 9.47. The Morgan fingerprint density at radius 3 is 3.00 bits per heavy atom. The van der Waals surface area contributed by atoms with Gasteiger partial charge in [-0.1, -0.05) is 0 Å². The summed E-state index contributed by atoms with van der Waals surface area (Å²) in [6, 6.07) is 1.93. The lowest BCUT2D eigenvalue weighted by atomic mass is 10.1. The van der Waals surface area contributed by atoms with Crippen LogP contribution in [-0.2, 0) is 6.54 Å². The third kappa shape index (κ3) is 2.63. The van der Waals surface area contributed by atoms with E-state index in [1.54, 1.807) is 23.9 Å². The molecule has 1 fully saturated rings. The van der Waals surface area contributed by atoms with Crippen LogP contribution in [0, 0.1) is 0 Å². The molecule has 0 aromatic carbocycles. The van der Waals surface area contributed by atoms with Gasteiger partial charge in [-0.2, -0.15) is 0 Å². The molecule has 1 N–H and O–H groups in total. The number of thiazole rings is 1. The molecule has 1 aliphatic heterocycles. The van der Waals surface area contributed by atoms with Gasteiger partial charge in [-0.25, -0.2) is 4.98 Å². The Bertz CT molecular complexity index is 487. The third-order valence-corrected chi connectivity index (χ3v) is 4.20. The summed E-state index contributed by atoms with van der Waals surface area (Å²) < 4.78 is 5.07. The SMILES string of the molecule is OC1CCN(Cc2csc(-c3ccoc3)n2)CC1. The number of furan rings is 1. The summed E-state index contributed by atoms with van der Waals surface area (Å²) in [5.41, 5.74) is 2.15. The highest BCUT2D eigenvalue weighted by Gasteiger charge is 2.18. The van der Waals surface area contributed by atoms with Crippen molar-refractivity contribution >= 4 is 11.3 Å². The van der Waals surface area contributed by atoms with Crippen molar-refractivity contribution in [2.75, 3.05) is 13.1 Å². The molecule has 2 aromatic rings. The number of hydrogen-bond acceptors (Lipinski definition) is 5. The molecule has 1 aliphatic rings. The van der Waals surface area contributed by atoms with Crippen LogP contribution in [0.4, 0.5) is 0 Å². The van der Waals surface area contributed by atoms with Crippen LogP contribution in [0.15, 0.2) is 28.4 Å². The number of likely N-dealkylation sites (tertiary alicyclic amines) is 1. The minimum absolute atomic E-state index is 0.113. The van der Waals surface area contributed by atoms with E-state index in [-0.39, 0.29) is 6.10 Å². The second-order valence-corrected chi connectivity index (χ2v) is 5.52. The van der Waals surface area contributed by atoms with Crippen molar-refractivity contribution in [3.05, 3.63) is 29.7 Å². The first-order valence-corrected chi connectivity index (χ1v) is 7.06. The van der Waals surface area contributed by atoms with Crippen LogP contribution < -0.4 is 0 Å². The van der Waals surface area contributed by atoms with Crippen LogP contribution in [0.3, 0.4) is 0 Å². The zero-order valence-electron chi connectivity index (χ0n) is 10.1. The molecule has 3 rings (SSSR count). The number of hydrogen-bond donors (Lipinski definition) is 1. The molecule has 3 heterocycles. The Morgan fingerprint density at radius 1 is 1.44 bits per heavy atom. The quantitative estimate of drug-likeness (QED) is 0.924. The van der Waals surface area contributed by atoms with Crippen LogP contribution >= 0.6 is 11.3 Å². The number of rotatable bonds is 3. The fourth-order valence-electron chi connectivity index (χ4n) is 2.20. The molecule has 96 valence electrons. The van der Waals surface area contributed by atoms with E-state index in [0.29, 0.717) is 0 Å². The zero-order chi connectivity index (χ0) is 12.4. The maximum Gasteiger partial charge on any atom is 0.126 e. The Hall–Kier alpha value is -1.17. The van der Waals surface area contributed by atoms with Crippen molar-refractivity contribution in [3.8, 4) is 10.6 Å². The number of aromatic nitrogens is 1. The van der Waals surface area contributed by atoms with Gasteiger partial charge < -0.3 is 9.52 Å². The van der Waals surface area contributed by atoms with Crippen molar-refractivity contribution < 1.29 is 9.52 Å². The molecule has 0 amide bonds. The summed E-state index contributed by atoms with van der Waals surface area (Å²) in [6.07, 6.45) is 5.03. The average Bonchev–Trinajstić information content (AvgIpc) is 3.02. The first-order chi connectivity index (χ1) is 8.81. The van der Waals surface area contributed by atoms with E-state index < -0.39 is 0 Å². The van der Waals surface area contributed by atoms with E-state index in [1.807, 2.05) is 6.07 Å². The molecule has 0 aliphatic carbocycles. The molecule has 2 aromatic heterocycles. The summed E-state index contributed by atoms with van der Waals surface area (Å²) in [5.74, 6) is 0. The minimum Gasteiger partial charge on any atom is -0.472 e. The smallest absolute Gasteiger partial charge is 0.126 e. The first-order valence-electron chi connectivity index (χ1n) is 6.18. The third-order valence-electron chi connectivity index (χ3n) is 3.26. The topological polar surface area (TPSA) is 49.5 Å². The van der Waals surface area contributed by atoms with Gasteiger partial charge in [0.15, 0.2) is 0 Å². The largest absolute Gasteiger partial charge is 0.472 e. The Morgan fingerprint density at radius 2 is 2.28 bits per heavy atom. The first kappa shape index (κ1) is 11.9. The maximum absolute atomic E-state index is 9.47. The number of piperidine rings is 1. The lowest BCUT2D eigenvalue weighted by molar-refractivity contribution is 0.0787. The van der Waals surface area contributed by atoms with E-state index in [4.69, 9.17) is 4.42 Å². The molecule has 0 radical (unpaired) electrons. The van der Waals surface area contributed by atoms with Gasteiger partial charge in [0.25, 0.3) is 0 Å². The van der Waals surface area contributed by atoms with Crippen molar-refractivity contribution in [2.24, 2.45) is 0 Å². The van der Waals surface area contributed by atoms with Gasteiger partial charge in [-0.05, 0) is 18.9 Å². The standard InChI is InChI=1S/C13H16N2O2S/c16-12-1-4-15(5-2-12)7-11-9-18-13(14-11)10-3-6-17-8-10/h3,6,8-9,12,16H,1-2,4-5,7H2. The molecular formula is C13H16N2O2S. The van der Waals surface area contributed by atoms with Gasteiger partial charge >= 0.3 is 0 Å². The summed E-state index contributed by atoms with van der Waals surface area (Å²) in [6.45, 7) is 2.79. The van der Waals surface area contributed by atoms with Gasteiger partial charge in [0.2, 0.25) is 0 Å². The second kappa shape index (κ2) is 5.22. The lowest BCUT2D eigenvalue weighted by Crippen LogP contribution is -2.35. The second-order valence-electron chi connectivity index (χ2n) is 4.66. The van der Waals surface area contributed by atoms with Crippen molar-refractivity contribution in [2.45, 2.75) is 25.5 Å². The summed E-state index contributed by atoms with van der Waals surface area (Å²) >= 11 is 1.65. The predicted molar refractivity (Wildman–Crippen MR) is 70.3 cm³/mol. The van der Waals surface area contributed by atoms with Crippen molar-refractivity contribution in [1.29, 1.82) is 0 Å². The van der Waals surface area contributed by atoms with Crippen LogP contribution in [0.2, 0.25) is 0 Å². The molecule has 0 spiro atoms. The fourth-order valence-corrected chi connectivity index (χ4v) is 3.00. The summed E-state index contributed by atoms with van der Waals surface area (Å²) in [7, 11) is 0. The van der Waals surface area contributed by atoms with E-state index in [1.165, 1.54) is 0 Å². The monoisotopic (exact) mass is 264 g/mol. The Balaban J connectivity index is 1.64. The van der Waals surface area contributed by atoms with Gasteiger partial charge in [-0.3, -0.25) is 4.90 Å². The number of aliphatic hydroxyl groups excluding tert-OH is 1. The molecule has 4 nitrogen and oxygen atoms in total. The van der Waals surface area contributed by atoms with Crippen molar-refractivity contribution in [3.63, 3.8) is 0 Å². The van der Waals surface area contributed by atoms with Gasteiger partial charge in [-0.15, -0.1) is 11.3 Å². The molecule has 1 saturated heterocycles. The Kier molecular flexibility index (Phi) is 3.45. The van der Waals surface area contributed by atoms with E-state index in [9.17, 15) is 5.11 Å². The number of aliphatic hydroxyl groups is 1. The molecule has 0 unspecified atom stereocenters. The van der Waals surface area contributed by atoms with Crippen molar-refractivity contribution in [1.82, 2.24) is 9.88 Å². The fraction of sp³-hybridized carbons (Fsp3) is 0.462. The summed E-state index contributed by atoms with van der Waals surface area (Å²) in [5, 5.41) is 12.6. The summed E-state index contributed by atoms with van der Waals surface area (Å²) in [4.78, 5) is 6.97. The highest BCUT2D eigenvalue weighted by molar-refractivity contribution is 7.13. The minimum atomic E-state index is -0.113. The van der Waals surface area contributed by atoms with E-state index in [2.05, 4.69) is 15.3 Å². The number of nitrogens with zero attached hydrogens (tertiary/aromatic N) is 2. The zero-order valence-corrected chi connectivity index (χ0v) is 10.9. The molecule has 5 heteroatoms. The van der Waals surface area contributed by atoms with Crippen LogP contribution in [0.1, 0.15) is 18.5 Å². The predicted octanol–water partition coefficient (Wildman–Crippen LogP) is 2.36. The van der Waals surface area contributed by atoms with Crippen LogP contribution in [0.25, 0.3) is 10.6 Å². The molecule has 0 bridgehead atoms. The van der Waals surface area contributed by atoms with Gasteiger partial charge in [0.05, 0.1) is 18.1 Å². The molecule has 0 atom stereocenters. The average molecular weight is 264 g/mol.